The Hall–Kier alpha value is -3.76. The zero-order valence-corrected chi connectivity index (χ0v) is 17.9. The second kappa shape index (κ2) is 8.77. The molecule has 0 unspecified atom stereocenters. The third-order valence-electron chi connectivity index (χ3n) is 5.72. The van der Waals surface area contributed by atoms with Crippen molar-refractivity contribution >= 4 is 23.7 Å². The van der Waals surface area contributed by atoms with E-state index in [9.17, 15) is 19.6 Å². The van der Waals surface area contributed by atoms with Crippen LogP contribution in [0.2, 0.25) is 0 Å². The molecule has 162 valence electrons. The lowest BCUT2D eigenvalue weighted by Crippen LogP contribution is -2.46. The summed E-state index contributed by atoms with van der Waals surface area (Å²) in [6.45, 7) is 3.82. The SMILES string of the molecule is CC(=O)c1ccc(-c2ccc(/C=C3\C(=O)N(C[C@H]4CCCO4)C(=O)C(C#N)=C3C)o2)cc1. The molecule has 2 amide bonds. The van der Waals surface area contributed by atoms with Gasteiger partial charge in [0.15, 0.2) is 5.78 Å². The summed E-state index contributed by atoms with van der Waals surface area (Å²) in [5.41, 5.74) is 1.91. The average Bonchev–Trinajstić information content (AvgIpc) is 3.47. The van der Waals surface area contributed by atoms with Crippen LogP contribution in [0.25, 0.3) is 17.4 Å². The van der Waals surface area contributed by atoms with Crippen LogP contribution in [-0.4, -0.2) is 41.8 Å². The summed E-state index contributed by atoms with van der Waals surface area (Å²) in [6, 6.07) is 12.5. The summed E-state index contributed by atoms with van der Waals surface area (Å²) in [5, 5.41) is 9.52. The third kappa shape index (κ3) is 4.05. The monoisotopic (exact) mass is 430 g/mol. The van der Waals surface area contributed by atoms with Crippen LogP contribution in [0.5, 0.6) is 0 Å². The Morgan fingerprint density at radius 3 is 2.56 bits per heavy atom. The number of rotatable bonds is 5. The third-order valence-corrected chi connectivity index (χ3v) is 5.72. The van der Waals surface area contributed by atoms with Gasteiger partial charge in [0.25, 0.3) is 11.8 Å². The van der Waals surface area contributed by atoms with E-state index in [2.05, 4.69) is 0 Å². The standard InChI is InChI=1S/C25H22N2O5/c1-15-21(24(29)27(25(30)22(15)13-26)14-20-4-3-11-31-20)12-19-9-10-23(32-19)18-7-5-17(6-8-18)16(2)28/h5-10,12,20H,3-4,11,14H2,1-2H3/b21-12-/t20-/m1/s1. The number of furan rings is 1. The lowest BCUT2D eigenvalue weighted by Gasteiger charge is -2.29. The molecule has 2 aliphatic rings. The highest BCUT2D eigenvalue weighted by molar-refractivity contribution is 6.19. The number of Topliss-reactive ketones (excluding diaryl/α,β-unsaturated/α-hetero) is 1. The average molecular weight is 430 g/mol. The highest BCUT2D eigenvalue weighted by atomic mass is 16.5. The molecule has 7 nitrogen and oxygen atoms in total. The van der Waals surface area contributed by atoms with E-state index in [1.165, 1.54) is 6.92 Å². The molecule has 1 fully saturated rings. The van der Waals surface area contributed by atoms with Crippen LogP contribution >= 0.6 is 0 Å². The molecule has 1 aromatic carbocycles. The number of ketones is 1. The number of ether oxygens (including phenoxy) is 1. The van der Waals surface area contributed by atoms with Crippen molar-refractivity contribution in [2.75, 3.05) is 13.2 Å². The van der Waals surface area contributed by atoms with Crippen molar-refractivity contribution in [3.05, 3.63) is 64.4 Å². The fourth-order valence-electron chi connectivity index (χ4n) is 3.88. The molecule has 2 aliphatic heterocycles. The highest BCUT2D eigenvalue weighted by Gasteiger charge is 2.37. The Kier molecular flexibility index (Phi) is 5.89. The molecule has 0 spiro atoms. The molecule has 0 saturated carbocycles. The van der Waals surface area contributed by atoms with Gasteiger partial charge in [0, 0.05) is 23.3 Å². The van der Waals surface area contributed by atoms with E-state index in [0.717, 1.165) is 23.3 Å². The molecule has 2 aromatic rings. The number of nitrogens with zero attached hydrogens (tertiary/aromatic N) is 2. The first kappa shape index (κ1) is 21.5. The van der Waals surface area contributed by atoms with Gasteiger partial charge in [0.1, 0.15) is 23.2 Å². The smallest absolute Gasteiger partial charge is 0.271 e. The Labute approximate surface area is 185 Å². The van der Waals surface area contributed by atoms with Gasteiger partial charge < -0.3 is 9.15 Å². The Bertz CT molecular complexity index is 1190. The molecule has 0 radical (unpaired) electrons. The summed E-state index contributed by atoms with van der Waals surface area (Å²) in [6.07, 6.45) is 2.99. The van der Waals surface area contributed by atoms with E-state index >= 15 is 0 Å². The predicted molar refractivity (Wildman–Crippen MR) is 116 cm³/mol. The van der Waals surface area contributed by atoms with E-state index in [-0.39, 0.29) is 29.6 Å². The van der Waals surface area contributed by atoms with Crippen molar-refractivity contribution in [1.29, 1.82) is 5.26 Å². The maximum Gasteiger partial charge on any atom is 0.271 e. The first-order valence-corrected chi connectivity index (χ1v) is 10.4. The van der Waals surface area contributed by atoms with Crippen molar-refractivity contribution in [2.45, 2.75) is 32.8 Å². The second-order valence-corrected chi connectivity index (χ2v) is 7.86. The number of benzene rings is 1. The Morgan fingerprint density at radius 2 is 1.94 bits per heavy atom. The molecule has 32 heavy (non-hydrogen) atoms. The minimum atomic E-state index is -0.589. The molecule has 0 bridgehead atoms. The van der Waals surface area contributed by atoms with Crippen LogP contribution in [-0.2, 0) is 14.3 Å². The van der Waals surface area contributed by atoms with Crippen molar-refractivity contribution in [2.24, 2.45) is 0 Å². The summed E-state index contributed by atoms with van der Waals surface area (Å²) in [5.74, 6) is -0.0827. The molecular weight excluding hydrogens is 408 g/mol. The van der Waals surface area contributed by atoms with Crippen LogP contribution < -0.4 is 0 Å². The van der Waals surface area contributed by atoms with Gasteiger partial charge in [-0.3, -0.25) is 19.3 Å². The van der Waals surface area contributed by atoms with E-state index < -0.39 is 11.8 Å². The van der Waals surface area contributed by atoms with Crippen molar-refractivity contribution < 1.29 is 23.5 Å². The summed E-state index contributed by atoms with van der Waals surface area (Å²) in [4.78, 5) is 38.4. The van der Waals surface area contributed by atoms with Crippen LogP contribution in [0.4, 0.5) is 0 Å². The number of hydrogen-bond donors (Lipinski definition) is 0. The maximum absolute atomic E-state index is 13.1. The molecule has 4 rings (SSSR count). The van der Waals surface area contributed by atoms with Crippen LogP contribution in [0, 0.1) is 11.3 Å². The van der Waals surface area contributed by atoms with Gasteiger partial charge in [0.2, 0.25) is 0 Å². The van der Waals surface area contributed by atoms with E-state index in [0.29, 0.717) is 29.3 Å². The van der Waals surface area contributed by atoms with Gasteiger partial charge in [-0.1, -0.05) is 24.3 Å². The number of amides is 2. The van der Waals surface area contributed by atoms with Crippen molar-refractivity contribution in [3.63, 3.8) is 0 Å². The van der Waals surface area contributed by atoms with E-state index in [1.807, 2.05) is 6.07 Å². The van der Waals surface area contributed by atoms with Crippen LogP contribution in [0.15, 0.2) is 57.5 Å². The zero-order chi connectivity index (χ0) is 22.8. The zero-order valence-electron chi connectivity index (χ0n) is 17.9. The fourth-order valence-corrected chi connectivity index (χ4v) is 3.88. The van der Waals surface area contributed by atoms with E-state index in [1.54, 1.807) is 49.4 Å². The molecular formula is C25H22N2O5. The lowest BCUT2D eigenvalue weighted by molar-refractivity contribution is -0.142. The number of nitriles is 1. The summed E-state index contributed by atoms with van der Waals surface area (Å²) < 4.78 is 11.5. The van der Waals surface area contributed by atoms with Crippen LogP contribution in [0.3, 0.4) is 0 Å². The van der Waals surface area contributed by atoms with E-state index in [4.69, 9.17) is 9.15 Å². The minimum Gasteiger partial charge on any atom is -0.457 e. The maximum atomic E-state index is 13.1. The predicted octanol–water partition coefficient (Wildman–Crippen LogP) is 3.92. The normalized spacial score (nSPS) is 20.2. The molecule has 1 aromatic heterocycles. The van der Waals surface area contributed by atoms with Gasteiger partial charge in [-0.2, -0.15) is 5.26 Å². The van der Waals surface area contributed by atoms with Gasteiger partial charge >= 0.3 is 0 Å². The Balaban J connectivity index is 1.65. The van der Waals surface area contributed by atoms with Gasteiger partial charge in [0.05, 0.1) is 12.6 Å². The minimum absolute atomic E-state index is 0.0186. The molecule has 1 atom stereocenters. The molecule has 0 aliphatic carbocycles. The first-order valence-electron chi connectivity index (χ1n) is 10.4. The van der Waals surface area contributed by atoms with Gasteiger partial charge in [-0.05, 0) is 50.5 Å². The molecule has 7 heteroatoms. The second-order valence-electron chi connectivity index (χ2n) is 7.86. The first-order chi connectivity index (χ1) is 15.4. The number of hydrogen-bond acceptors (Lipinski definition) is 6. The fraction of sp³-hybridized carbons (Fsp3) is 0.280. The molecule has 1 saturated heterocycles. The van der Waals surface area contributed by atoms with Crippen molar-refractivity contribution in [3.8, 4) is 17.4 Å². The van der Waals surface area contributed by atoms with Crippen molar-refractivity contribution in [1.82, 2.24) is 4.90 Å². The molecule has 3 heterocycles. The summed E-state index contributed by atoms with van der Waals surface area (Å²) in [7, 11) is 0. The highest BCUT2D eigenvalue weighted by Crippen LogP contribution is 2.30. The van der Waals surface area contributed by atoms with Gasteiger partial charge in [-0.15, -0.1) is 0 Å². The molecule has 0 N–H and O–H groups in total. The summed E-state index contributed by atoms with van der Waals surface area (Å²) >= 11 is 0. The number of carbonyl (C=O) groups is 3. The number of imide groups is 1. The largest absolute Gasteiger partial charge is 0.457 e. The van der Waals surface area contributed by atoms with Crippen LogP contribution in [0.1, 0.15) is 42.8 Å². The topological polar surface area (TPSA) is 101 Å². The number of carbonyl (C=O) groups excluding carboxylic acids is 3. The lowest BCUT2D eigenvalue weighted by atomic mass is 9.94. The Morgan fingerprint density at radius 1 is 1.19 bits per heavy atom. The quantitative estimate of drug-likeness (QED) is 0.405. The van der Waals surface area contributed by atoms with Gasteiger partial charge in [-0.25, -0.2) is 0 Å².